The lowest BCUT2D eigenvalue weighted by atomic mass is 9.33. The second-order valence-electron chi connectivity index (χ2n) is 22.3. The van der Waals surface area contributed by atoms with Crippen LogP contribution in [0.2, 0.25) is 0 Å². The van der Waals surface area contributed by atoms with E-state index in [1.54, 1.807) is 0 Å². The Morgan fingerprint density at radius 1 is 0.261 bits per heavy atom. The molecule has 0 spiro atoms. The minimum Gasteiger partial charge on any atom is -0.311 e. The van der Waals surface area contributed by atoms with Crippen molar-refractivity contribution in [2.24, 2.45) is 0 Å². The van der Waals surface area contributed by atoms with Gasteiger partial charge in [0.15, 0.2) is 23.3 Å². The van der Waals surface area contributed by atoms with E-state index >= 15 is 0 Å². The summed E-state index contributed by atoms with van der Waals surface area (Å²) in [5.41, 5.74) is 22.9. The van der Waals surface area contributed by atoms with Gasteiger partial charge in [0.2, 0.25) is 0 Å². The van der Waals surface area contributed by atoms with Gasteiger partial charge in [-0.15, -0.1) is 0 Å². The second-order valence-corrected chi connectivity index (χ2v) is 22.3. The molecule has 0 unspecified atom stereocenters. The van der Waals surface area contributed by atoms with Crippen molar-refractivity contribution in [3.05, 3.63) is 309 Å². The molecule has 0 saturated carbocycles. The average molecular weight is 1120 g/mol. The lowest BCUT2D eigenvalue weighted by Crippen LogP contribution is -2.61. The third-order valence-electron chi connectivity index (χ3n) is 17.3. The number of aromatic nitrogens is 6. The van der Waals surface area contributed by atoms with Gasteiger partial charge < -0.3 is 14.4 Å². The van der Waals surface area contributed by atoms with Gasteiger partial charge in [-0.3, -0.25) is 0 Å². The molecule has 0 bridgehead atoms. The molecule has 2 aliphatic rings. The number of anilines is 6. The monoisotopic (exact) mass is 1120 g/mol. The van der Waals surface area contributed by atoms with Crippen molar-refractivity contribution in [2.75, 3.05) is 9.80 Å². The number of nitrogens with zero attached hydrogens (tertiary/aromatic N) is 8. The molecule has 12 aromatic carbocycles. The highest BCUT2D eigenvalue weighted by molar-refractivity contribution is 7.00. The molecule has 0 radical (unpaired) electrons. The predicted octanol–water partition coefficient (Wildman–Crippen LogP) is 17.5. The van der Waals surface area contributed by atoms with Crippen molar-refractivity contribution in [3.63, 3.8) is 0 Å². The van der Waals surface area contributed by atoms with Gasteiger partial charge in [0, 0.05) is 78.2 Å². The molecule has 0 fully saturated rings. The number of para-hydroxylation sites is 6. The fourth-order valence-corrected chi connectivity index (χ4v) is 13.3. The van der Waals surface area contributed by atoms with Crippen LogP contribution in [0.3, 0.4) is 0 Å². The Morgan fingerprint density at radius 2 is 0.682 bits per heavy atom. The molecule has 8 nitrogen and oxygen atoms in total. The van der Waals surface area contributed by atoms with Crippen LogP contribution in [0.15, 0.2) is 309 Å². The van der Waals surface area contributed by atoms with Crippen LogP contribution in [-0.4, -0.2) is 36.2 Å². The van der Waals surface area contributed by atoms with Crippen molar-refractivity contribution >= 4 is 79.0 Å². The highest BCUT2D eigenvalue weighted by Gasteiger charge is 2.44. The van der Waals surface area contributed by atoms with Crippen LogP contribution < -0.4 is 26.2 Å². The van der Waals surface area contributed by atoms with Crippen LogP contribution in [0.1, 0.15) is 0 Å². The van der Waals surface area contributed by atoms with Gasteiger partial charge in [-0.1, -0.05) is 237 Å². The average Bonchev–Trinajstić information content (AvgIpc) is 0.865. The van der Waals surface area contributed by atoms with E-state index in [2.05, 4.69) is 269 Å². The first-order valence-electron chi connectivity index (χ1n) is 29.8. The van der Waals surface area contributed by atoms with Crippen molar-refractivity contribution in [2.45, 2.75) is 0 Å². The Bertz CT molecular complexity index is 5030. The van der Waals surface area contributed by atoms with Crippen molar-refractivity contribution in [3.8, 4) is 84.9 Å². The van der Waals surface area contributed by atoms with E-state index in [0.29, 0.717) is 23.3 Å². The topological polar surface area (TPSA) is 75.9 Å². The van der Waals surface area contributed by atoms with Gasteiger partial charge in [0.1, 0.15) is 0 Å². The number of hydrogen-bond acceptors (Lipinski definition) is 7. The summed E-state index contributed by atoms with van der Waals surface area (Å²) in [4.78, 5) is 31.8. The van der Waals surface area contributed by atoms with Gasteiger partial charge in [0.05, 0.1) is 33.8 Å². The summed E-state index contributed by atoms with van der Waals surface area (Å²) in [6.07, 6.45) is 0. The summed E-state index contributed by atoms with van der Waals surface area (Å²) in [7, 11) is 0. The molecule has 0 aliphatic carbocycles. The molecule has 0 N–H and O–H groups in total. The van der Waals surface area contributed by atoms with Crippen molar-refractivity contribution < 1.29 is 0 Å². The summed E-state index contributed by atoms with van der Waals surface area (Å²) in [6, 6.07) is 109. The molecule has 0 atom stereocenters. The molecule has 410 valence electrons. The van der Waals surface area contributed by atoms with Crippen LogP contribution in [0.4, 0.5) is 34.1 Å². The molecule has 3 aromatic heterocycles. The fraction of sp³-hybridized carbons (Fsp3) is 0. The van der Waals surface area contributed by atoms with Gasteiger partial charge in [-0.2, -0.15) is 0 Å². The SMILES string of the molecule is c1ccc(-c2cc(-c3ccc(-n4c5ccccc5c5ccccc54)c(-c4nc(-c5ccccc5)nc(-c5ccc(-c6ccc7c8c6N(c6ccccc6)c6ccccc6B8c6ccccc6N7c6ccccc6)cc5)n4)c3)nc(-c3ccccc3)n2)cc1. The van der Waals surface area contributed by atoms with E-state index in [0.717, 1.165) is 112 Å². The van der Waals surface area contributed by atoms with E-state index in [9.17, 15) is 0 Å². The number of benzene rings is 12. The molecular weight excluding hydrogens is 1070 g/mol. The summed E-state index contributed by atoms with van der Waals surface area (Å²) in [5, 5.41) is 2.31. The summed E-state index contributed by atoms with van der Waals surface area (Å²) in [5.74, 6) is 2.28. The number of hydrogen-bond donors (Lipinski definition) is 0. The Kier molecular flexibility index (Phi) is 12.1. The van der Waals surface area contributed by atoms with Crippen LogP contribution in [0, 0.1) is 0 Å². The van der Waals surface area contributed by atoms with E-state index in [-0.39, 0.29) is 6.71 Å². The Labute approximate surface area is 509 Å². The van der Waals surface area contributed by atoms with Gasteiger partial charge in [-0.05, 0) is 94.7 Å². The maximum absolute atomic E-state index is 5.56. The largest absolute Gasteiger partial charge is 0.311 e. The predicted molar refractivity (Wildman–Crippen MR) is 362 cm³/mol. The summed E-state index contributed by atoms with van der Waals surface area (Å²) >= 11 is 0. The van der Waals surface area contributed by atoms with E-state index in [4.69, 9.17) is 24.9 Å². The normalized spacial score (nSPS) is 12.2. The standard InChI is InChI=1S/C79H51BN8/c1-6-24-53(25-7-1)66-51-67(82-76(81-66)54-26-8-2-9-27-54)57-46-48-70(88-68-38-20-16-34-61(68)62-35-17-21-39-69(62)88)63(50-57)79-84-77(55-28-10-3-11-29-55)83-78(85-79)56-44-42-52(43-45-56)60-47-49-73-74-75(60)87(59-32-14-5-15-33-59)72-41-23-19-37-65(72)80(74)64-36-18-22-40-71(64)86(73)58-30-12-4-13-31-58/h1-51H. The molecule has 0 saturated heterocycles. The quantitative estimate of drug-likeness (QED) is 0.126. The molecule has 9 heteroatoms. The van der Waals surface area contributed by atoms with Gasteiger partial charge in [-0.25, -0.2) is 24.9 Å². The molecule has 0 amide bonds. The maximum atomic E-state index is 5.56. The van der Waals surface area contributed by atoms with E-state index < -0.39 is 0 Å². The zero-order valence-corrected chi connectivity index (χ0v) is 47.6. The minimum atomic E-state index is -0.0197. The highest BCUT2D eigenvalue weighted by atomic mass is 15.2. The third-order valence-corrected chi connectivity index (χ3v) is 17.3. The van der Waals surface area contributed by atoms with Crippen molar-refractivity contribution in [1.29, 1.82) is 0 Å². The smallest absolute Gasteiger partial charge is 0.252 e. The molecule has 5 heterocycles. The highest BCUT2D eigenvalue weighted by Crippen LogP contribution is 2.48. The molecular formula is C79H51BN8. The number of fused-ring (bicyclic) bond motifs is 7. The lowest BCUT2D eigenvalue weighted by molar-refractivity contribution is 1.06. The lowest BCUT2D eigenvalue weighted by Gasteiger charge is -2.45. The number of rotatable bonds is 10. The Balaban J connectivity index is 0.867. The summed E-state index contributed by atoms with van der Waals surface area (Å²) < 4.78 is 2.35. The molecule has 2 aliphatic heterocycles. The minimum absolute atomic E-state index is 0.0197. The van der Waals surface area contributed by atoms with Crippen molar-refractivity contribution in [1.82, 2.24) is 29.5 Å². The maximum Gasteiger partial charge on any atom is 0.252 e. The van der Waals surface area contributed by atoms with Crippen LogP contribution in [-0.2, 0) is 0 Å². The van der Waals surface area contributed by atoms with E-state index in [1.807, 2.05) is 54.6 Å². The molecule has 17 rings (SSSR count). The fourth-order valence-electron chi connectivity index (χ4n) is 13.3. The first-order valence-corrected chi connectivity index (χ1v) is 29.8. The first-order chi connectivity index (χ1) is 43.7. The molecule has 15 aromatic rings. The van der Waals surface area contributed by atoms with Gasteiger partial charge >= 0.3 is 0 Å². The third kappa shape index (κ3) is 8.50. The Hall–Kier alpha value is -11.8. The summed E-state index contributed by atoms with van der Waals surface area (Å²) in [6.45, 7) is -0.0197. The van der Waals surface area contributed by atoms with E-state index in [1.165, 1.54) is 22.1 Å². The second kappa shape index (κ2) is 21.1. The van der Waals surface area contributed by atoms with Crippen LogP contribution >= 0.6 is 0 Å². The first kappa shape index (κ1) is 50.7. The Morgan fingerprint density at radius 3 is 1.27 bits per heavy atom. The zero-order valence-electron chi connectivity index (χ0n) is 47.6. The van der Waals surface area contributed by atoms with Crippen LogP contribution in [0.25, 0.3) is 107 Å². The molecule has 88 heavy (non-hydrogen) atoms. The van der Waals surface area contributed by atoms with Crippen LogP contribution in [0.5, 0.6) is 0 Å². The van der Waals surface area contributed by atoms with Gasteiger partial charge in [0.25, 0.3) is 6.71 Å². The zero-order chi connectivity index (χ0) is 58.1.